The van der Waals surface area contributed by atoms with Gasteiger partial charge < -0.3 is 9.80 Å². The number of alkyl halides is 9. The Kier molecular flexibility index (Phi) is 20.0. The number of benzene rings is 5. The predicted molar refractivity (Wildman–Crippen MR) is 348 cm³/mol. The first-order valence-electron chi connectivity index (χ1n) is 30.6. The van der Waals surface area contributed by atoms with Gasteiger partial charge in [0, 0.05) is 92.1 Å². The van der Waals surface area contributed by atoms with Crippen LogP contribution in [-0.2, 0) is 62.4 Å². The number of anilines is 3. The predicted octanol–water partition coefficient (Wildman–Crippen LogP) is 11.9. The van der Waals surface area contributed by atoms with Gasteiger partial charge in [-0.3, -0.25) is 39.0 Å². The maximum atomic E-state index is 13.7. The van der Waals surface area contributed by atoms with Crippen LogP contribution in [0.3, 0.4) is 0 Å². The second kappa shape index (κ2) is 27.7. The molecule has 5 aromatic carbocycles. The van der Waals surface area contributed by atoms with E-state index in [1.165, 1.54) is 86.9 Å². The summed E-state index contributed by atoms with van der Waals surface area (Å²) in [5, 5.41) is 37.1. The Morgan fingerprint density at radius 1 is 0.433 bits per heavy atom. The summed E-state index contributed by atoms with van der Waals surface area (Å²) >= 11 is 0. The molecule has 104 heavy (non-hydrogen) atoms. The monoisotopic (exact) mass is 1490 g/mol. The number of aromatic nitrogens is 1. The van der Waals surface area contributed by atoms with E-state index in [1.54, 1.807) is 0 Å². The molecule has 23 nitrogen and oxygen atoms in total. The Bertz CT molecular complexity index is 5160. The summed E-state index contributed by atoms with van der Waals surface area (Å²) in [6, 6.07) is 23.5. The van der Waals surface area contributed by atoms with E-state index < -0.39 is 113 Å². The molecule has 3 aliphatic carbocycles. The zero-order valence-electron chi connectivity index (χ0n) is 54.7. The average molecular weight is 1490 g/mol. The van der Waals surface area contributed by atoms with Gasteiger partial charge in [0.05, 0.1) is 102 Å². The number of likely N-dealkylation sites (N-methyl/N-ethyl adjacent to an activating group) is 2. The van der Waals surface area contributed by atoms with Crippen molar-refractivity contribution >= 4 is 82.0 Å². The molecular weight excluding hydrogens is 1440 g/mol. The Hall–Kier alpha value is -11.5. The average Bonchev–Trinajstić information content (AvgIpc) is 1.43. The van der Waals surface area contributed by atoms with Crippen LogP contribution in [0.5, 0.6) is 0 Å². The third-order valence-electron chi connectivity index (χ3n) is 17.6. The molecule has 6 aromatic rings. The molecule has 0 N–H and O–H groups in total. The second-order valence-corrected chi connectivity index (χ2v) is 30.3. The molecule has 6 aliphatic rings. The Morgan fingerprint density at radius 3 is 1.10 bits per heavy atom. The molecule has 0 radical (unpaired) electrons. The zero-order chi connectivity index (χ0) is 76.4. The lowest BCUT2D eigenvalue weighted by molar-refractivity contribution is -0.141. The molecule has 1 aromatic heterocycles. The highest BCUT2D eigenvalue weighted by Gasteiger charge is 2.51. The molecule has 3 aliphatic heterocycles. The van der Waals surface area contributed by atoms with Crippen molar-refractivity contribution in [3.05, 3.63) is 205 Å². The van der Waals surface area contributed by atoms with Crippen molar-refractivity contribution in [2.24, 2.45) is 0 Å². The number of carbonyl (C=O) groups is 6. The van der Waals surface area contributed by atoms with Crippen LogP contribution in [-0.4, -0.2) is 120 Å². The molecule has 3 atom stereocenters. The number of pyridine rings is 1. The second-order valence-electron chi connectivity index (χ2n) is 24.3. The summed E-state index contributed by atoms with van der Waals surface area (Å²) in [7, 11) is -8.97. The molecule has 35 heteroatoms. The molecule has 0 bridgehead atoms. The third kappa shape index (κ3) is 14.2. The summed E-state index contributed by atoms with van der Waals surface area (Å²) in [6.45, 7) is -0.577. The largest absolute Gasteiger partial charge is 0.433 e. The van der Waals surface area contributed by atoms with Crippen molar-refractivity contribution in [1.29, 1.82) is 21.0 Å². The van der Waals surface area contributed by atoms with Gasteiger partial charge in [0.1, 0.15) is 12.2 Å². The smallest absolute Gasteiger partial charge is 0.316 e. The van der Waals surface area contributed by atoms with Gasteiger partial charge in [0.2, 0.25) is 0 Å². The van der Waals surface area contributed by atoms with E-state index >= 15 is 0 Å². The van der Waals surface area contributed by atoms with Crippen LogP contribution < -0.4 is 14.7 Å². The van der Waals surface area contributed by atoms with Crippen LogP contribution in [0.4, 0.5) is 71.0 Å². The van der Waals surface area contributed by atoms with Crippen molar-refractivity contribution in [1.82, 2.24) is 19.7 Å². The lowest BCUT2D eigenvalue weighted by Crippen LogP contribution is -2.50. The fraction of sp³-hybridized carbons (Fsp3) is 0.261. The number of halogens is 9. The van der Waals surface area contributed by atoms with Crippen molar-refractivity contribution in [3.63, 3.8) is 0 Å². The number of hydrogen-bond donors (Lipinski definition) is 0. The lowest BCUT2D eigenvalue weighted by Gasteiger charge is -2.41. The first-order chi connectivity index (χ1) is 48.6. The normalized spacial score (nSPS) is 18.7. The quantitative estimate of drug-likeness (QED) is 0.0908. The van der Waals surface area contributed by atoms with Crippen LogP contribution in [0.1, 0.15) is 107 Å². The Labute approximate surface area is 587 Å². The number of amides is 6. The van der Waals surface area contributed by atoms with E-state index in [9.17, 15) is 115 Å². The fourth-order valence-corrected chi connectivity index (χ4v) is 16.0. The van der Waals surface area contributed by atoms with Crippen LogP contribution in [0.25, 0.3) is 0 Å². The number of Topliss-reactive ketones (excluding diaryl/α,β-unsaturated/α-hetero) is 3. The highest BCUT2D eigenvalue weighted by Crippen LogP contribution is 2.51. The van der Waals surface area contributed by atoms with Gasteiger partial charge in [0.25, 0.3) is 0 Å². The topological polar surface area (TPSA) is 332 Å². The standard InChI is InChI=1S/C24H17F3N4O4S.C23H18F3N3O4S.C22H17F3N4O4S/c1-36(34,35)20-11-14(13-29)5-6-17(20)22-21-18(7-8-19(21)32)31(23(33)30(22)10-9-28)16-4-2-3-15(12-16)24(25,26)27;1-28-21(16-7-6-13(12-27)10-19(16)34(2,32)33)20-17(8-9-18(20)30)29(22(28)31)15-5-3-4-14(11-15)23(24,25)26;1-28-20(14-4-3-12(11-26)9-17(14)34(2,32)33)19-15(5-6-16(19)30)29(21(28)31)13-7-8-27-18(10-13)22(23,24)25/h2-6,11-12,22H,7-8,10H2,1H3;3-7,10-11,21H,8-9H2,1-2H3;3-4,7-10,20H,5-6H2,1-2H3. The lowest BCUT2D eigenvalue weighted by atomic mass is 9.92. The van der Waals surface area contributed by atoms with E-state index in [0.717, 1.165) is 96.8 Å². The third-order valence-corrected chi connectivity index (χ3v) is 21.1. The van der Waals surface area contributed by atoms with Crippen LogP contribution in [0.2, 0.25) is 0 Å². The SMILES string of the molecule is CN1C(=O)N(c2cccc(C(F)(F)F)c2)C2=C(C(=O)CC2)C1c1ccc(C#N)cc1S(C)(=O)=O.CN1C(=O)N(c2ccnc(C(F)(F)F)c2)C2=C(C(=O)CC2)C1c1ccc(C#N)cc1S(C)(=O)=O.CS(=O)(=O)c1cc(C#N)ccc1C1C2=C(CCC2=O)N(c2cccc(C(F)(F)F)c2)C(=O)N1CC#N. The minimum absolute atomic E-state index is 0.0144. The number of nitriles is 4. The molecule has 0 fully saturated rings. The first kappa shape index (κ1) is 75.1. The summed E-state index contributed by atoms with van der Waals surface area (Å²) < 4.78 is 195. The fourth-order valence-electron chi connectivity index (χ4n) is 13.2. The molecule has 4 heterocycles. The molecule has 12 rings (SSSR count). The molecule has 3 unspecified atom stereocenters. The molecule has 6 amide bonds. The Balaban J connectivity index is 0.000000168. The number of sulfone groups is 3. The number of carbonyl (C=O) groups excluding carboxylic acids is 6. The van der Waals surface area contributed by atoms with E-state index in [0.29, 0.717) is 0 Å². The van der Waals surface area contributed by atoms with E-state index in [-0.39, 0.29) is 149 Å². The number of hydrogen-bond acceptors (Lipinski definition) is 17. The van der Waals surface area contributed by atoms with Gasteiger partial charge in [-0.2, -0.15) is 60.6 Å². The van der Waals surface area contributed by atoms with Gasteiger partial charge in [-0.25, -0.2) is 39.6 Å². The van der Waals surface area contributed by atoms with Gasteiger partial charge in [0.15, 0.2) is 46.9 Å². The summed E-state index contributed by atoms with van der Waals surface area (Å²) in [5.41, 5.74) is -2.04. The molecule has 0 saturated carbocycles. The van der Waals surface area contributed by atoms with Crippen LogP contribution in [0.15, 0.2) is 170 Å². The maximum Gasteiger partial charge on any atom is 0.433 e. The zero-order valence-corrected chi connectivity index (χ0v) is 57.1. The van der Waals surface area contributed by atoms with Crippen molar-refractivity contribution < 1.29 is 93.5 Å². The molecule has 0 spiro atoms. The molecule has 0 saturated heterocycles. The minimum Gasteiger partial charge on any atom is -0.316 e. The minimum atomic E-state index is -4.74. The number of urea groups is 3. The maximum absolute atomic E-state index is 13.7. The van der Waals surface area contributed by atoms with Crippen molar-refractivity contribution in [2.75, 3.05) is 54.1 Å². The van der Waals surface area contributed by atoms with Gasteiger partial charge in [-0.1, -0.05) is 30.3 Å². The number of nitrogens with zero attached hydrogens (tertiary/aromatic N) is 11. The van der Waals surface area contributed by atoms with Crippen molar-refractivity contribution in [2.45, 2.75) is 89.9 Å². The number of ketones is 3. The summed E-state index contributed by atoms with van der Waals surface area (Å²) in [6.07, 6.45) is -10.1. The highest BCUT2D eigenvalue weighted by molar-refractivity contribution is 7.91. The van der Waals surface area contributed by atoms with Gasteiger partial charge in [-0.05, 0) is 121 Å². The summed E-state index contributed by atoms with van der Waals surface area (Å²) in [5.74, 6) is -1.11. The molecular formula is C69H52F9N11O12S3. The number of allylic oxidation sites excluding steroid dienone is 3. The van der Waals surface area contributed by atoms with Crippen LogP contribution >= 0.6 is 0 Å². The van der Waals surface area contributed by atoms with Crippen LogP contribution in [0, 0.1) is 45.3 Å². The Morgan fingerprint density at radius 2 is 0.769 bits per heavy atom. The van der Waals surface area contributed by atoms with E-state index in [2.05, 4.69) is 4.98 Å². The first-order valence-corrected chi connectivity index (χ1v) is 36.2. The highest BCUT2D eigenvalue weighted by atomic mass is 32.2. The molecule has 536 valence electrons. The summed E-state index contributed by atoms with van der Waals surface area (Å²) in [4.78, 5) is 88.3. The van der Waals surface area contributed by atoms with E-state index in [4.69, 9.17) is 0 Å². The number of rotatable bonds is 10. The van der Waals surface area contributed by atoms with Crippen molar-refractivity contribution in [3.8, 4) is 24.3 Å². The van der Waals surface area contributed by atoms with Gasteiger partial charge >= 0.3 is 36.6 Å². The van der Waals surface area contributed by atoms with Gasteiger partial charge in [-0.15, -0.1) is 0 Å². The van der Waals surface area contributed by atoms with E-state index in [1.807, 2.05) is 24.3 Å².